The lowest BCUT2D eigenvalue weighted by Gasteiger charge is -2.23. The van der Waals surface area contributed by atoms with Gasteiger partial charge < -0.3 is 4.74 Å². The van der Waals surface area contributed by atoms with Crippen LogP contribution < -0.4 is 4.31 Å². The van der Waals surface area contributed by atoms with Crippen LogP contribution in [0, 0.1) is 6.92 Å². The number of halogens is 1. The van der Waals surface area contributed by atoms with Crippen molar-refractivity contribution in [3.63, 3.8) is 0 Å². The monoisotopic (exact) mass is 367 g/mol. The van der Waals surface area contributed by atoms with Crippen LogP contribution in [0.25, 0.3) is 0 Å². The predicted octanol–water partition coefficient (Wildman–Crippen LogP) is 3.65. The smallest absolute Gasteiger partial charge is 0.339 e. The van der Waals surface area contributed by atoms with E-state index in [0.29, 0.717) is 5.69 Å². The highest BCUT2D eigenvalue weighted by Crippen LogP contribution is 2.28. The Morgan fingerprint density at radius 2 is 1.79 bits per heavy atom. The number of aryl methyl sites for hydroxylation is 1. The van der Waals surface area contributed by atoms with Crippen LogP contribution in [0.2, 0.25) is 5.02 Å². The molecule has 5 nitrogen and oxygen atoms in total. The van der Waals surface area contributed by atoms with E-state index < -0.39 is 16.0 Å². The van der Waals surface area contributed by atoms with E-state index in [-0.39, 0.29) is 22.0 Å². The summed E-state index contributed by atoms with van der Waals surface area (Å²) in [5, 5.41) is 0.203. The van der Waals surface area contributed by atoms with Crippen molar-refractivity contribution in [1.29, 1.82) is 0 Å². The van der Waals surface area contributed by atoms with Crippen molar-refractivity contribution in [2.75, 3.05) is 18.0 Å². The normalized spacial score (nSPS) is 11.2. The molecule has 0 heterocycles. The Morgan fingerprint density at radius 1 is 1.17 bits per heavy atom. The number of carbonyl (C=O) groups is 1. The number of nitrogens with zero attached hydrogens (tertiary/aromatic N) is 1. The van der Waals surface area contributed by atoms with E-state index in [1.54, 1.807) is 37.3 Å². The summed E-state index contributed by atoms with van der Waals surface area (Å²) in [4.78, 5) is 12.0. The summed E-state index contributed by atoms with van der Waals surface area (Å²) in [5.74, 6) is -0.620. The molecule has 2 aromatic rings. The second kappa shape index (κ2) is 7.23. The highest BCUT2D eigenvalue weighted by atomic mass is 35.5. The lowest BCUT2D eigenvalue weighted by molar-refractivity contribution is 0.0601. The largest absolute Gasteiger partial charge is 0.465 e. The molecule has 0 saturated heterocycles. The minimum absolute atomic E-state index is 0.120. The van der Waals surface area contributed by atoms with Gasteiger partial charge in [-0.3, -0.25) is 4.31 Å². The molecule has 0 radical (unpaired) electrons. The van der Waals surface area contributed by atoms with Crippen LogP contribution in [0.3, 0.4) is 0 Å². The van der Waals surface area contributed by atoms with E-state index >= 15 is 0 Å². The third-order valence-corrected chi connectivity index (χ3v) is 5.79. The third kappa shape index (κ3) is 3.55. The van der Waals surface area contributed by atoms with Gasteiger partial charge >= 0.3 is 5.97 Å². The molecule has 0 bridgehead atoms. The number of hydrogen-bond acceptors (Lipinski definition) is 4. The molecule has 0 amide bonds. The molecule has 0 N–H and O–H groups in total. The Balaban J connectivity index is 2.52. The number of benzene rings is 2. The fourth-order valence-corrected chi connectivity index (χ4v) is 3.92. The van der Waals surface area contributed by atoms with Crippen molar-refractivity contribution in [3.8, 4) is 0 Å². The van der Waals surface area contributed by atoms with Gasteiger partial charge in [0.05, 0.1) is 28.3 Å². The molecule has 0 fully saturated rings. The number of hydrogen-bond donors (Lipinski definition) is 0. The van der Waals surface area contributed by atoms with E-state index in [0.717, 1.165) is 5.56 Å². The van der Waals surface area contributed by atoms with E-state index in [1.165, 1.54) is 23.5 Å². The summed E-state index contributed by atoms with van der Waals surface area (Å²) >= 11 is 6.00. The van der Waals surface area contributed by atoms with Crippen LogP contribution in [0.1, 0.15) is 22.8 Å². The first-order chi connectivity index (χ1) is 11.3. The first kappa shape index (κ1) is 18.3. The second-order valence-electron chi connectivity index (χ2n) is 5.14. The molecular weight excluding hydrogens is 350 g/mol. The van der Waals surface area contributed by atoms with Gasteiger partial charge in [0.1, 0.15) is 0 Å². The molecule has 0 atom stereocenters. The van der Waals surface area contributed by atoms with Crippen LogP contribution in [-0.2, 0) is 14.8 Å². The lowest BCUT2D eigenvalue weighted by atomic mass is 10.2. The molecular formula is C17H18ClNO4S. The average Bonchev–Trinajstić information content (AvgIpc) is 2.56. The van der Waals surface area contributed by atoms with Crippen LogP contribution in [0.5, 0.6) is 0 Å². The van der Waals surface area contributed by atoms with Gasteiger partial charge in [-0.25, -0.2) is 13.2 Å². The standard InChI is InChI=1S/C17H18ClNO4S/c1-4-19(24(21,22)14-8-5-12(2)6-9-14)13-7-10-16(18)15(11-13)17(20)23-3/h5-11H,4H2,1-3H3. The summed E-state index contributed by atoms with van der Waals surface area (Å²) in [5.41, 5.74) is 1.44. The summed E-state index contributed by atoms with van der Waals surface area (Å²) < 4.78 is 31.7. The maximum absolute atomic E-state index is 12.9. The van der Waals surface area contributed by atoms with E-state index in [4.69, 9.17) is 11.6 Å². The Morgan fingerprint density at radius 3 is 2.33 bits per heavy atom. The van der Waals surface area contributed by atoms with Gasteiger partial charge in [0.15, 0.2) is 0 Å². The minimum atomic E-state index is -3.74. The number of sulfonamides is 1. The highest BCUT2D eigenvalue weighted by Gasteiger charge is 2.25. The number of esters is 1. The molecule has 0 aliphatic heterocycles. The van der Waals surface area contributed by atoms with Crippen LogP contribution in [0.4, 0.5) is 5.69 Å². The van der Waals surface area contributed by atoms with Crippen LogP contribution in [-0.4, -0.2) is 28.0 Å². The topological polar surface area (TPSA) is 63.7 Å². The van der Waals surface area contributed by atoms with Crippen LogP contribution >= 0.6 is 11.6 Å². The molecule has 24 heavy (non-hydrogen) atoms. The predicted molar refractivity (Wildman–Crippen MR) is 94.2 cm³/mol. The summed E-state index contributed by atoms with van der Waals surface area (Å²) in [6.45, 7) is 3.81. The Kier molecular flexibility index (Phi) is 5.51. The summed E-state index contributed by atoms with van der Waals surface area (Å²) in [6, 6.07) is 11.1. The van der Waals surface area contributed by atoms with Gasteiger partial charge in [0.2, 0.25) is 0 Å². The molecule has 0 aliphatic rings. The van der Waals surface area contributed by atoms with Crippen molar-refractivity contribution < 1.29 is 17.9 Å². The molecule has 128 valence electrons. The van der Waals surface area contributed by atoms with E-state index in [9.17, 15) is 13.2 Å². The molecule has 0 unspecified atom stereocenters. The van der Waals surface area contributed by atoms with Crippen molar-refractivity contribution in [3.05, 3.63) is 58.6 Å². The first-order valence-electron chi connectivity index (χ1n) is 7.28. The molecule has 0 spiro atoms. The number of rotatable bonds is 5. The van der Waals surface area contributed by atoms with E-state index in [2.05, 4.69) is 4.74 Å². The maximum Gasteiger partial charge on any atom is 0.339 e. The second-order valence-corrected chi connectivity index (χ2v) is 7.41. The molecule has 0 saturated carbocycles. The Labute approximate surface area is 146 Å². The van der Waals surface area contributed by atoms with Crippen LogP contribution in [0.15, 0.2) is 47.4 Å². The van der Waals surface area contributed by atoms with Gasteiger partial charge in [-0.05, 0) is 44.2 Å². The molecule has 7 heteroatoms. The molecule has 0 aromatic heterocycles. The van der Waals surface area contributed by atoms with Gasteiger partial charge in [-0.2, -0.15) is 0 Å². The zero-order chi connectivity index (χ0) is 17.9. The Hall–Kier alpha value is -2.05. The molecule has 2 rings (SSSR count). The maximum atomic E-state index is 12.9. The number of ether oxygens (including phenoxy) is 1. The zero-order valence-corrected chi connectivity index (χ0v) is 15.2. The fourth-order valence-electron chi connectivity index (χ4n) is 2.26. The highest BCUT2D eigenvalue weighted by molar-refractivity contribution is 7.92. The zero-order valence-electron chi connectivity index (χ0n) is 13.6. The lowest BCUT2D eigenvalue weighted by Crippen LogP contribution is -2.31. The van der Waals surface area contributed by atoms with Crippen molar-refractivity contribution in [1.82, 2.24) is 0 Å². The SMILES string of the molecule is CCN(c1ccc(Cl)c(C(=O)OC)c1)S(=O)(=O)c1ccc(C)cc1. The van der Waals surface area contributed by atoms with Gasteiger partial charge in [0, 0.05) is 6.54 Å². The van der Waals surface area contributed by atoms with Gasteiger partial charge in [-0.15, -0.1) is 0 Å². The van der Waals surface area contributed by atoms with Crippen molar-refractivity contribution in [2.45, 2.75) is 18.7 Å². The summed E-state index contributed by atoms with van der Waals surface area (Å²) in [6.07, 6.45) is 0. The Bertz CT molecular complexity index is 847. The molecule has 2 aromatic carbocycles. The number of anilines is 1. The third-order valence-electron chi connectivity index (χ3n) is 3.54. The fraction of sp³-hybridized carbons (Fsp3) is 0.235. The summed E-state index contributed by atoms with van der Waals surface area (Å²) in [7, 11) is -2.50. The number of methoxy groups -OCH3 is 1. The molecule has 0 aliphatic carbocycles. The van der Waals surface area contributed by atoms with E-state index in [1.807, 2.05) is 6.92 Å². The minimum Gasteiger partial charge on any atom is -0.465 e. The average molecular weight is 368 g/mol. The van der Waals surface area contributed by atoms with Gasteiger partial charge in [0.25, 0.3) is 10.0 Å². The van der Waals surface area contributed by atoms with Crippen molar-refractivity contribution >= 4 is 33.3 Å². The quantitative estimate of drug-likeness (QED) is 0.757. The first-order valence-corrected chi connectivity index (χ1v) is 9.10. The van der Waals surface area contributed by atoms with Crippen molar-refractivity contribution in [2.24, 2.45) is 0 Å². The van der Waals surface area contributed by atoms with Gasteiger partial charge in [-0.1, -0.05) is 29.3 Å². The number of carbonyl (C=O) groups excluding carboxylic acids is 1.